The van der Waals surface area contributed by atoms with E-state index in [1.54, 1.807) is 11.0 Å². The molecule has 0 unspecified atom stereocenters. The predicted molar refractivity (Wildman–Crippen MR) is 103 cm³/mol. The number of amides is 2. The maximum absolute atomic E-state index is 13.0. The van der Waals surface area contributed by atoms with Gasteiger partial charge in [0.05, 0.1) is 30.3 Å². The van der Waals surface area contributed by atoms with Crippen LogP contribution in [-0.2, 0) is 24.3 Å². The highest BCUT2D eigenvalue weighted by molar-refractivity contribution is 7.89. The molecule has 1 aromatic rings. The first-order valence-corrected chi connectivity index (χ1v) is 11.0. The maximum Gasteiger partial charge on any atom is 0.262 e. The maximum atomic E-state index is 13.0. The number of piperazine rings is 1. The van der Waals surface area contributed by atoms with Crippen molar-refractivity contribution in [3.8, 4) is 5.75 Å². The van der Waals surface area contributed by atoms with Gasteiger partial charge in [0.25, 0.3) is 5.91 Å². The van der Waals surface area contributed by atoms with Gasteiger partial charge >= 0.3 is 0 Å². The number of sulfonamides is 1. The summed E-state index contributed by atoms with van der Waals surface area (Å²) < 4.78 is 37.9. The fourth-order valence-corrected chi connectivity index (χ4v) is 5.05. The molecule has 0 saturated carbocycles. The van der Waals surface area contributed by atoms with Gasteiger partial charge < -0.3 is 19.7 Å². The van der Waals surface area contributed by atoms with Gasteiger partial charge in [0.2, 0.25) is 15.9 Å². The molecule has 29 heavy (non-hydrogen) atoms. The molecule has 0 bridgehead atoms. The molecule has 0 aromatic heterocycles. The lowest BCUT2D eigenvalue weighted by atomic mass is 10.2. The van der Waals surface area contributed by atoms with E-state index in [1.165, 1.54) is 16.4 Å². The Morgan fingerprint density at radius 3 is 2.52 bits per heavy atom. The Balaban J connectivity index is 1.38. The Morgan fingerprint density at radius 1 is 1.07 bits per heavy atom. The van der Waals surface area contributed by atoms with Gasteiger partial charge in [-0.25, -0.2) is 8.42 Å². The summed E-state index contributed by atoms with van der Waals surface area (Å²) in [5.41, 5.74) is 0.349. The van der Waals surface area contributed by atoms with E-state index in [4.69, 9.17) is 9.47 Å². The lowest BCUT2D eigenvalue weighted by Gasteiger charge is -2.35. The van der Waals surface area contributed by atoms with E-state index >= 15 is 0 Å². The van der Waals surface area contributed by atoms with Gasteiger partial charge in [-0.2, -0.15) is 4.31 Å². The number of anilines is 1. The zero-order valence-electron chi connectivity index (χ0n) is 16.0. The van der Waals surface area contributed by atoms with E-state index in [0.717, 1.165) is 13.1 Å². The summed E-state index contributed by atoms with van der Waals surface area (Å²) in [7, 11) is -3.73. The molecule has 0 aliphatic carbocycles. The minimum absolute atomic E-state index is 0.0117. The van der Waals surface area contributed by atoms with Crippen LogP contribution in [0.25, 0.3) is 0 Å². The van der Waals surface area contributed by atoms with Crippen molar-refractivity contribution in [1.82, 2.24) is 14.1 Å². The summed E-state index contributed by atoms with van der Waals surface area (Å²) in [4.78, 5) is 27.9. The molecule has 2 saturated heterocycles. The quantitative estimate of drug-likeness (QED) is 0.673. The molecule has 2 fully saturated rings. The number of hydrogen-bond donors (Lipinski definition) is 1. The van der Waals surface area contributed by atoms with Crippen molar-refractivity contribution >= 4 is 27.5 Å². The molecule has 0 spiro atoms. The molecule has 10 nitrogen and oxygen atoms in total. The van der Waals surface area contributed by atoms with Crippen molar-refractivity contribution in [3.05, 3.63) is 18.2 Å². The number of hydrogen-bond acceptors (Lipinski definition) is 7. The lowest BCUT2D eigenvalue weighted by molar-refractivity contribution is -0.134. The zero-order chi connectivity index (χ0) is 20.4. The van der Waals surface area contributed by atoms with Crippen LogP contribution in [0, 0.1) is 0 Å². The van der Waals surface area contributed by atoms with Crippen LogP contribution >= 0.6 is 0 Å². The average Bonchev–Trinajstić information content (AvgIpc) is 2.74. The normalized spacial score (nSPS) is 21.2. The minimum atomic E-state index is -3.73. The third kappa shape index (κ3) is 4.37. The summed E-state index contributed by atoms with van der Waals surface area (Å²) in [5, 5.41) is 2.62. The van der Waals surface area contributed by atoms with Crippen LogP contribution < -0.4 is 10.1 Å². The molecule has 158 valence electrons. The molecular weight excluding hydrogens is 400 g/mol. The molecule has 11 heteroatoms. The standard InChI is InChI=1S/C18H24N4O6S/c23-17-13-28-16-2-1-14(11-15(16)19-17)29(25,26)22-5-3-21(4-6-22)18(24)12-20-7-9-27-10-8-20/h1-2,11H,3-10,12-13H2,(H,19,23). The zero-order valence-corrected chi connectivity index (χ0v) is 16.8. The van der Waals surface area contributed by atoms with Gasteiger partial charge in [-0.3, -0.25) is 14.5 Å². The van der Waals surface area contributed by atoms with Gasteiger partial charge in [-0.05, 0) is 18.2 Å². The highest BCUT2D eigenvalue weighted by atomic mass is 32.2. The van der Waals surface area contributed by atoms with Crippen LogP contribution in [0.15, 0.2) is 23.1 Å². The molecule has 3 aliphatic heterocycles. The van der Waals surface area contributed by atoms with Crippen molar-refractivity contribution in [2.75, 3.05) is 71.0 Å². The largest absolute Gasteiger partial charge is 0.482 e. The van der Waals surface area contributed by atoms with Crippen LogP contribution in [0.2, 0.25) is 0 Å². The van der Waals surface area contributed by atoms with Crippen molar-refractivity contribution in [3.63, 3.8) is 0 Å². The molecule has 0 radical (unpaired) electrons. The van der Waals surface area contributed by atoms with Crippen LogP contribution in [-0.4, -0.2) is 100.0 Å². The number of fused-ring (bicyclic) bond motifs is 1. The summed E-state index contributed by atoms with van der Waals surface area (Å²) in [5.74, 6) is 0.138. The van der Waals surface area contributed by atoms with E-state index in [1.807, 2.05) is 0 Å². The summed E-state index contributed by atoms with van der Waals surface area (Å²) in [6.45, 7) is 4.16. The second-order valence-corrected chi connectivity index (χ2v) is 9.11. The first-order valence-electron chi connectivity index (χ1n) is 9.58. The Labute approximate surface area is 169 Å². The highest BCUT2D eigenvalue weighted by Gasteiger charge is 2.31. The summed E-state index contributed by atoms with van der Waals surface area (Å²) in [6, 6.07) is 4.43. The molecule has 4 rings (SSSR count). The lowest BCUT2D eigenvalue weighted by Crippen LogP contribution is -2.53. The first kappa shape index (κ1) is 20.1. The number of nitrogens with one attached hydrogen (secondary N) is 1. The molecule has 3 aliphatic rings. The molecular formula is C18H24N4O6S. The van der Waals surface area contributed by atoms with E-state index in [-0.39, 0.29) is 36.4 Å². The Hall–Kier alpha value is -2.21. The smallest absolute Gasteiger partial charge is 0.262 e. The topological polar surface area (TPSA) is 108 Å². The first-order chi connectivity index (χ1) is 13.9. The molecule has 2 amide bonds. The van der Waals surface area contributed by atoms with Crippen molar-refractivity contribution in [2.24, 2.45) is 0 Å². The number of nitrogens with zero attached hydrogens (tertiary/aromatic N) is 3. The Bertz CT molecular complexity index is 892. The summed E-state index contributed by atoms with van der Waals surface area (Å²) in [6.07, 6.45) is 0. The number of carbonyl (C=O) groups is 2. The Kier molecular flexibility index (Phi) is 5.72. The van der Waals surface area contributed by atoms with E-state index in [9.17, 15) is 18.0 Å². The second-order valence-electron chi connectivity index (χ2n) is 7.17. The summed E-state index contributed by atoms with van der Waals surface area (Å²) >= 11 is 0. The molecule has 0 atom stereocenters. The van der Waals surface area contributed by atoms with Crippen molar-refractivity contribution in [1.29, 1.82) is 0 Å². The third-order valence-corrected chi connectivity index (χ3v) is 7.17. The fourth-order valence-electron chi connectivity index (χ4n) is 3.60. The molecule has 1 aromatic carbocycles. The van der Waals surface area contributed by atoms with E-state index < -0.39 is 10.0 Å². The van der Waals surface area contributed by atoms with Crippen LogP contribution in [0.1, 0.15) is 0 Å². The third-order valence-electron chi connectivity index (χ3n) is 5.28. The number of morpholine rings is 1. The number of carbonyl (C=O) groups excluding carboxylic acids is 2. The second kappa shape index (κ2) is 8.27. The monoisotopic (exact) mass is 424 g/mol. The average molecular weight is 424 g/mol. The van der Waals surface area contributed by atoms with Crippen LogP contribution in [0.3, 0.4) is 0 Å². The van der Waals surface area contributed by atoms with Crippen molar-refractivity contribution < 1.29 is 27.5 Å². The van der Waals surface area contributed by atoms with Crippen molar-refractivity contribution in [2.45, 2.75) is 4.90 Å². The number of rotatable bonds is 4. The van der Waals surface area contributed by atoms with Gasteiger partial charge in [-0.15, -0.1) is 0 Å². The van der Waals surface area contributed by atoms with Gasteiger partial charge in [-0.1, -0.05) is 0 Å². The fraction of sp³-hybridized carbons (Fsp3) is 0.556. The van der Waals surface area contributed by atoms with Crippen LogP contribution in [0.4, 0.5) is 5.69 Å². The van der Waals surface area contributed by atoms with Gasteiger partial charge in [0.1, 0.15) is 5.75 Å². The van der Waals surface area contributed by atoms with Gasteiger partial charge in [0, 0.05) is 39.3 Å². The van der Waals surface area contributed by atoms with E-state index in [0.29, 0.717) is 44.3 Å². The number of benzene rings is 1. The highest BCUT2D eigenvalue weighted by Crippen LogP contribution is 2.31. The molecule has 3 heterocycles. The van der Waals surface area contributed by atoms with Gasteiger partial charge in [0.15, 0.2) is 6.61 Å². The number of ether oxygens (including phenoxy) is 2. The van der Waals surface area contributed by atoms with E-state index in [2.05, 4.69) is 10.2 Å². The SMILES string of the molecule is O=C1COc2ccc(S(=O)(=O)N3CCN(C(=O)CN4CCOCC4)CC3)cc2N1. The minimum Gasteiger partial charge on any atom is -0.482 e. The Morgan fingerprint density at radius 2 is 1.79 bits per heavy atom. The van der Waals surface area contributed by atoms with Crippen LogP contribution in [0.5, 0.6) is 5.75 Å². The molecule has 1 N–H and O–H groups in total. The predicted octanol–water partition coefficient (Wildman–Crippen LogP) is -0.817.